The van der Waals surface area contributed by atoms with Crippen LogP contribution in [0.25, 0.3) is 0 Å². The van der Waals surface area contributed by atoms with Crippen molar-refractivity contribution in [1.82, 2.24) is 9.55 Å². The van der Waals surface area contributed by atoms with E-state index in [-0.39, 0.29) is 29.4 Å². The van der Waals surface area contributed by atoms with Gasteiger partial charge in [-0.25, -0.2) is 13.6 Å². The lowest BCUT2D eigenvalue weighted by atomic mass is 9.92. The Kier molecular flexibility index (Phi) is 4.77. The normalized spacial score (nSPS) is 22.2. The first kappa shape index (κ1) is 18.4. The molecule has 4 rings (SSSR count). The fraction of sp³-hybridized carbons (Fsp3) is 0.400. The molecule has 0 saturated carbocycles. The van der Waals surface area contributed by atoms with E-state index in [4.69, 9.17) is 11.2 Å². The van der Waals surface area contributed by atoms with Gasteiger partial charge in [0.1, 0.15) is 17.8 Å². The Morgan fingerprint density at radius 2 is 2.00 bits per heavy atom. The molecule has 2 aliphatic rings. The maximum Gasteiger partial charge on any atom is 0.330 e. The fourth-order valence-electron chi connectivity index (χ4n) is 3.88. The number of hydrogen-bond donors (Lipinski definition) is 2. The largest absolute Gasteiger partial charge is 0.381 e. The second-order valence-electron chi connectivity index (χ2n) is 7.03. The van der Waals surface area contributed by atoms with Gasteiger partial charge in [0.05, 0.1) is 11.6 Å². The van der Waals surface area contributed by atoms with Crippen molar-refractivity contribution in [3.63, 3.8) is 0 Å². The number of aromatic amines is 1. The molecule has 3 heterocycles. The van der Waals surface area contributed by atoms with Crippen molar-refractivity contribution in [2.45, 2.75) is 37.5 Å². The van der Waals surface area contributed by atoms with E-state index in [1.807, 2.05) is 0 Å². The summed E-state index contributed by atoms with van der Waals surface area (Å²) < 4.78 is 35.6. The number of terminal acetylenes is 1. The van der Waals surface area contributed by atoms with Crippen LogP contribution >= 0.6 is 0 Å². The summed E-state index contributed by atoms with van der Waals surface area (Å²) in [5.41, 5.74) is -0.458. The molecule has 2 aromatic rings. The molecule has 1 aromatic carbocycles. The van der Waals surface area contributed by atoms with E-state index in [0.29, 0.717) is 31.6 Å². The van der Waals surface area contributed by atoms with Gasteiger partial charge in [-0.3, -0.25) is 14.3 Å². The topological polar surface area (TPSA) is 76.1 Å². The molecule has 8 heteroatoms. The van der Waals surface area contributed by atoms with Crippen LogP contribution < -0.4 is 16.6 Å². The van der Waals surface area contributed by atoms with E-state index in [1.165, 1.54) is 18.2 Å². The predicted octanol–water partition coefficient (Wildman–Crippen LogP) is 2.06. The first-order chi connectivity index (χ1) is 13.5. The zero-order valence-corrected chi connectivity index (χ0v) is 15.0. The van der Waals surface area contributed by atoms with Crippen LogP contribution in [-0.2, 0) is 11.2 Å². The number of ether oxygens (including phenoxy) is 1. The van der Waals surface area contributed by atoms with Crippen LogP contribution in [0.1, 0.15) is 41.6 Å². The average Bonchev–Trinajstić information content (AvgIpc) is 2.70. The summed E-state index contributed by atoms with van der Waals surface area (Å²) in [7, 11) is 0. The van der Waals surface area contributed by atoms with Crippen molar-refractivity contribution < 1.29 is 13.5 Å². The molecule has 28 heavy (non-hydrogen) atoms. The minimum Gasteiger partial charge on any atom is -0.381 e. The van der Waals surface area contributed by atoms with Crippen LogP contribution in [0.5, 0.6) is 0 Å². The van der Waals surface area contributed by atoms with Gasteiger partial charge in [-0.15, -0.1) is 6.42 Å². The number of rotatable bonds is 2. The third-order valence-electron chi connectivity index (χ3n) is 5.34. The number of halogens is 2. The lowest BCUT2D eigenvalue weighted by molar-refractivity contribution is 0.0673. The SMILES string of the molecule is C#Cc1ccc(F)c([C@@H]2Nc3[nH]c(=O)n(C4CCOCC4)c(=O)c3C[C@@H]2F)c1. The Hall–Kier alpha value is -2.92. The van der Waals surface area contributed by atoms with Gasteiger partial charge >= 0.3 is 5.69 Å². The molecule has 1 aromatic heterocycles. The molecule has 0 bridgehead atoms. The quantitative estimate of drug-likeness (QED) is 0.774. The van der Waals surface area contributed by atoms with Crippen molar-refractivity contribution in [2.24, 2.45) is 0 Å². The smallest absolute Gasteiger partial charge is 0.330 e. The Balaban J connectivity index is 1.74. The van der Waals surface area contributed by atoms with E-state index < -0.39 is 29.3 Å². The third-order valence-corrected chi connectivity index (χ3v) is 5.34. The van der Waals surface area contributed by atoms with E-state index in [9.17, 15) is 18.4 Å². The Labute approximate surface area is 159 Å². The number of fused-ring (bicyclic) bond motifs is 1. The van der Waals surface area contributed by atoms with Gasteiger partial charge in [-0.1, -0.05) is 5.92 Å². The van der Waals surface area contributed by atoms with Gasteiger partial charge in [-0.05, 0) is 31.0 Å². The van der Waals surface area contributed by atoms with Crippen LogP contribution in [0.15, 0.2) is 27.8 Å². The number of aromatic nitrogens is 2. The number of anilines is 1. The van der Waals surface area contributed by atoms with E-state index in [2.05, 4.69) is 16.2 Å². The van der Waals surface area contributed by atoms with E-state index >= 15 is 0 Å². The van der Waals surface area contributed by atoms with Gasteiger partial charge in [0.2, 0.25) is 0 Å². The number of H-pyrrole nitrogens is 1. The van der Waals surface area contributed by atoms with Gasteiger partial charge in [0.25, 0.3) is 5.56 Å². The summed E-state index contributed by atoms with van der Waals surface area (Å²) in [5, 5.41) is 2.79. The lowest BCUT2D eigenvalue weighted by Crippen LogP contribution is -2.45. The summed E-state index contributed by atoms with van der Waals surface area (Å²) in [4.78, 5) is 28.0. The summed E-state index contributed by atoms with van der Waals surface area (Å²) in [5.74, 6) is 1.91. The minimum atomic E-state index is -1.56. The first-order valence-electron chi connectivity index (χ1n) is 9.11. The van der Waals surface area contributed by atoms with Crippen molar-refractivity contribution in [3.05, 3.63) is 61.5 Å². The Morgan fingerprint density at radius 1 is 1.25 bits per heavy atom. The van der Waals surface area contributed by atoms with Crippen molar-refractivity contribution in [2.75, 3.05) is 18.5 Å². The van der Waals surface area contributed by atoms with Gasteiger partial charge in [0.15, 0.2) is 0 Å². The Morgan fingerprint density at radius 3 is 2.71 bits per heavy atom. The first-order valence-corrected chi connectivity index (χ1v) is 9.11. The molecule has 6 nitrogen and oxygen atoms in total. The predicted molar refractivity (Wildman–Crippen MR) is 99.7 cm³/mol. The molecule has 2 N–H and O–H groups in total. The number of nitrogens with zero attached hydrogens (tertiary/aromatic N) is 1. The molecule has 0 aliphatic carbocycles. The highest BCUT2D eigenvalue weighted by atomic mass is 19.1. The summed E-state index contributed by atoms with van der Waals surface area (Å²) in [6.07, 6.45) is 4.65. The van der Waals surface area contributed by atoms with Crippen LogP contribution in [0.2, 0.25) is 0 Å². The highest BCUT2D eigenvalue weighted by molar-refractivity contribution is 5.50. The van der Waals surface area contributed by atoms with Crippen LogP contribution in [0.4, 0.5) is 14.6 Å². The molecule has 1 saturated heterocycles. The standard InChI is InChI=1S/C20H19F2N3O3/c1-2-11-3-4-15(21)13(9-11)17-16(22)10-14-18(23-17)24-20(27)25(19(14)26)12-5-7-28-8-6-12/h1,3-4,9,12,16-17,23H,5-8,10H2,(H,24,27)/t16-,17-/m0/s1. The molecule has 0 spiro atoms. The zero-order valence-electron chi connectivity index (χ0n) is 15.0. The molecular formula is C20H19F2N3O3. The number of benzene rings is 1. The molecule has 2 atom stereocenters. The van der Waals surface area contributed by atoms with Crippen molar-refractivity contribution in [1.29, 1.82) is 0 Å². The lowest BCUT2D eigenvalue weighted by Gasteiger charge is -2.31. The molecule has 146 valence electrons. The maximum atomic E-state index is 14.9. The van der Waals surface area contributed by atoms with Crippen LogP contribution in [0.3, 0.4) is 0 Å². The number of hydrogen-bond acceptors (Lipinski definition) is 4. The minimum absolute atomic E-state index is 0.0584. The molecule has 0 amide bonds. The fourth-order valence-corrected chi connectivity index (χ4v) is 3.88. The second kappa shape index (κ2) is 7.24. The monoisotopic (exact) mass is 387 g/mol. The summed E-state index contributed by atoms with van der Waals surface area (Å²) in [6.45, 7) is 0.926. The second-order valence-corrected chi connectivity index (χ2v) is 7.03. The van der Waals surface area contributed by atoms with Crippen LogP contribution in [0, 0.1) is 18.2 Å². The molecule has 0 unspecified atom stereocenters. The summed E-state index contributed by atoms with van der Waals surface area (Å²) in [6, 6.07) is 2.66. The molecular weight excluding hydrogens is 368 g/mol. The average molecular weight is 387 g/mol. The maximum absolute atomic E-state index is 14.9. The van der Waals surface area contributed by atoms with Crippen LogP contribution in [-0.4, -0.2) is 28.9 Å². The van der Waals surface area contributed by atoms with E-state index in [0.717, 1.165) is 4.57 Å². The molecule has 1 fully saturated rings. The summed E-state index contributed by atoms with van der Waals surface area (Å²) >= 11 is 0. The highest BCUT2D eigenvalue weighted by Crippen LogP contribution is 2.33. The number of nitrogens with one attached hydrogen (secondary N) is 2. The highest BCUT2D eigenvalue weighted by Gasteiger charge is 2.35. The van der Waals surface area contributed by atoms with Gasteiger partial charge < -0.3 is 10.1 Å². The van der Waals surface area contributed by atoms with E-state index in [1.54, 1.807) is 0 Å². The molecule has 2 aliphatic heterocycles. The van der Waals surface area contributed by atoms with Gasteiger partial charge in [0, 0.05) is 36.8 Å². The van der Waals surface area contributed by atoms with Gasteiger partial charge in [-0.2, -0.15) is 0 Å². The van der Waals surface area contributed by atoms with Crippen molar-refractivity contribution in [3.8, 4) is 12.3 Å². The molecule has 0 radical (unpaired) electrons. The zero-order chi connectivity index (χ0) is 19.8. The third kappa shape index (κ3) is 3.12. The number of alkyl halides is 1. The Bertz CT molecular complexity index is 1060. The van der Waals surface area contributed by atoms with Crippen molar-refractivity contribution >= 4 is 5.82 Å².